The number of rotatable bonds is 2. The Morgan fingerprint density at radius 1 is 0.293 bits per heavy atom. The second kappa shape index (κ2) is 8.76. The van der Waals surface area contributed by atoms with Crippen LogP contribution in [0.2, 0.25) is 0 Å². The Balaban J connectivity index is 1.16. The van der Waals surface area contributed by atoms with Crippen molar-refractivity contribution in [2.45, 2.75) is 0 Å². The zero-order chi connectivity index (χ0) is 26.9. The minimum atomic E-state index is 1.24. The smallest absolute Gasteiger partial charge is 0.0361 e. The van der Waals surface area contributed by atoms with Crippen LogP contribution in [0.5, 0.6) is 0 Å². The first kappa shape index (κ1) is 22.8. The van der Waals surface area contributed by atoms with Crippen molar-refractivity contribution in [1.82, 2.24) is 0 Å². The fourth-order valence-corrected chi connectivity index (χ4v) is 7.77. The van der Waals surface area contributed by atoms with E-state index in [1.54, 1.807) is 0 Å². The Bertz CT molecular complexity index is 2420. The van der Waals surface area contributed by atoms with E-state index < -0.39 is 0 Å². The van der Waals surface area contributed by atoms with Crippen LogP contribution in [0.3, 0.4) is 0 Å². The number of fused-ring (bicyclic) bond motifs is 11. The van der Waals surface area contributed by atoms with Crippen molar-refractivity contribution in [3.8, 4) is 22.3 Å². The van der Waals surface area contributed by atoms with Gasteiger partial charge in [0.25, 0.3) is 0 Å². The molecule has 0 saturated carbocycles. The summed E-state index contributed by atoms with van der Waals surface area (Å²) in [5.74, 6) is 0. The van der Waals surface area contributed by atoms with Gasteiger partial charge in [-0.1, -0.05) is 121 Å². The van der Waals surface area contributed by atoms with Gasteiger partial charge < -0.3 is 0 Å². The third kappa shape index (κ3) is 3.46. The predicted molar refractivity (Wildman–Crippen MR) is 180 cm³/mol. The maximum atomic E-state index is 2.38. The molecular weight excluding hydrogens is 513 g/mol. The molecule has 0 atom stereocenters. The first-order valence-electron chi connectivity index (χ1n) is 14.1. The molecule has 0 spiro atoms. The van der Waals surface area contributed by atoms with E-state index in [1.165, 1.54) is 85.5 Å². The molecule has 0 aliphatic rings. The van der Waals surface area contributed by atoms with E-state index in [0.717, 1.165) is 0 Å². The van der Waals surface area contributed by atoms with Gasteiger partial charge in [0.15, 0.2) is 0 Å². The van der Waals surface area contributed by atoms with Gasteiger partial charge in [-0.25, -0.2) is 0 Å². The van der Waals surface area contributed by atoms with Gasteiger partial charge in [-0.2, -0.15) is 0 Å². The molecule has 0 bridgehead atoms. The Labute approximate surface area is 241 Å². The van der Waals surface area contributed by atoms with Crippen LogP contribution in [-0.2, 0) is 0 Å². The molecule has 9 rings (SSSR count). The maximum Gasteiger partial charge on any atom is 0.0361 e. The lowest BCUT2D eigenvalue weighted by molar-refractivity contribution is 1.62. The second-order valence-electron chi connectivity index (χ2n) is 10.9. The van der Waals surface area contributed by atoms with Crippen molar-refractivity contribution in [2.24, 2.45) is 0 Å². The largest absolute Gasteiger partial charge is 0.135 e. The number of hydrogen-bond acceptors (Lipinski definition) is 1. The second-order valence-corrected chi connectivity index (χ2v) is 12.0. The number of benzene rings is 8. The minimum Gasteiger partial charge on any atom is -0.135 e. The van der Waals surface area contributed by atoms with Gasteiger partial charge in [-0.05, 0) is 89.6 Å². The van der Waals surface area contributed by atoms with Crippen molar-refractivity contribution in [3.05, 3.63) is 146 Å². The molecule has 41 heavy (non-hydrogen) atoms. The number of hydrogen-bond donors (Lipinski definition) is 0. The molecule has 0 aliphatic heterocycles. The molecule has 0 aliphatic carbocycles. The molecule has 0 N–H and O–H groups in total. The summed E-state index contributed by atoms with van der Waals surface area (Å²) in [6.07, 6.45) is 0. The van der Waals surface area contributed by atoms with Crippen LogP contribution in [0.25, 0.3) is 85.5 Å². The summed E-state index contributed by atoms with van der Waals surface area (Å²) < 4.78 is 2.69. The molecule has 0 amide bonds. The first-order valence-corrected chi connectivity index (χ1v) is 14.9. The summed E-state index contributed by atoms with van der Waals surface area (Å²) in [6, 6.07) is 53.7. The van der Waals surface area contributed by atoms with E-state index >= 15 is 0 Å². The predicted octanol–water partition coefficient (Wildman–Crippen LogP) is 12.0. The summed E-state index contributed by atoms with van der Waals surface area (Å²) in [6.45, 7) is 0. The topological polar surface area (TPSA) is 0 Å². The summed E-state index contributed by atoms with van der Waals surface area (Å²) in [5, 5.41) is 13.2. The quantitative estimate of drug-likeness (QED) is 0.193. The average Bonchev–Trinajstić information content (AvgIpc) is 3.43. The molecule has 1 heteroatoms. The normalized spacial score (nSPS) is 11.9. The standard InChI is InChI=1S/C40H24S/c1-2-8-30-27(7-1)18-22-39-40(30)37-24-29(19-21-38(37)41-39)26-15-13-25(14-16-26)28-17-20-35-33-11-4-3-9-31(33)32-10-5-6-12-34(32)36(35)23-28/h1-24H. The van der Waals surface area contributed by atoms with Crippen molar-refractivity contribution < 1.29 is 0 Å². The van der Waals surface area contributed by atoms with Crippen molar-refractivity contribution in [3.63, 3.8) is 0 Å². The summed E-state index contributed by atoms with van der Waals surface area (Å²) in [4.78, 5) is 0. The van der Waals surface area contributed by atoms with Crippen LogP contribution in [0.4, 0.5) is 0 Å². The molecule has 0 radical (unpaired) electrons. The summed E-state index contributed by atoms with van der Waals surface area (Å²) >= 11 is 1.88. The van der Waals surface area contributed by atoms with Gasteiger partial charge in [-0.15, -0.1) is 11.3 Å². The lowest BCUT2D eigenvalue weighted by Gasteiger charge is -2.12. The van der Waals surface area contributed by atoms with Gasteiger partial charge in [0.05, 0.1) is 0 Å². The Morgan fingerprint density at radius 3 is 1.41 bits per heavy atom. The highest BCUT2D eigenvalue weighted by atomic mass is 32.1. The first-order chi connectivity index (χ1) is 20.3. The molecule has 0 saturated heterocycles. The highest BCUT2D eigenvalue weighted by Crippen LogP contribution is 2.41. The van der Waals surface area contributed by atoms with Crippen LogP contribution in [0, 0.1) is 0 Å². The monoisotopic (exact) mass is 536 g/mol. The lowest BCUT2D eigenvalue weighted by Crippen LogP contribution is -1.85. The molecule has 1 aromatic heterocycles. The van der Waals surface area contributed by atoms with E-state index in [-0.39, 0.29) is 0 Å². The fourth-order valence-electron chi connectivity index (χ4n) is 6.67. The van der Waals surface area contributed by atoms with Crippen LogP contribution in [-0.4, -0.2) is 0 Å². The van der Waals surface area contributed by atoms with Gasteiger partial charge in [-0.3, -0.25) is 0 Å². The van der Waals surface area contributed by atoms with E-state index in [4.69, 9.17) is 0 Å². The van der Waals surface area contributed by atoms with Crippen LogP contribution in [0.15, 0.2) is 146 Å². The molecule has 0 unspecified atom stereocenters. The Morgan fingerprint density at radius 2 is 0.756 bits per heavy atom. The highest BCUT2D eigenvalue weighted by Gasteiger charge is 2.12. The lowest BCUT2D eigenvalue weighted by atomic mass is 9.91. The van der Waals surface area contributed by atoms with E-state index in [2.05, 4.69) is 146 Å². The molecule has 0 nitrogen and oxygen atoms in total. The average molecular weight is 537 g/mol. The van der Waals surface area contributed by atoms with Crippen LogP contribution >= 0.6 is 11.3 Å². The molecule has 8 aromatic carbocycles. The molecule has 190 valence electrons. The summed E-state index contributed by atoms with van der Waals surface area (Å²) in [5.41, 5.74) is 4.98. The third-order valence-electron chi connectivity index (χ3n) is 8.66. The van der Waals surface area contributed by atoms with Crippen LogP contribution in [0.1, 0.15) is 0 Å². The van der Waals surface area contributed by atoms with Gasteiger partial charge in [0, 0.05) is 20.2 Å². The molecule has 0 fully saturated rings. The Hall–Kier alpha value is -4.98. The maximum absolute atomic E-state index is 2.38. The zero-order valence-corrected chi connectivity index (χ0v) is 23.1. The fraction of sp³-hybridized carbons (Fsp3) is 0. The molecule has 9 aromatic rings. The summed E-state index contributed by atoms with van der Waals surface area (Å²) in [7, 11) is 0. The zero-order valence-electron chi connectivity index (χ0n) is 22.3. The van der Waals surface area contributed by atoms with E-state index in [9.17, 15) is 0 Å². The van der Waals surface area contributed by atoms with Crippen molar-refractivity contribution >= 4 is 74.6 Å². The van der Waals surface area contributed by atoms with Gasteiger partial charge in [0.2, 0.25) is 0 Å². The Kier molecular flexibility index (Phi) is 4.87. The van der Waals surface area contributed by atoms with Crippen LogP contribution < -0.4 is 0 Å². The highest BCUT2D eigenvalue weighted by molar-refractivity contribution is 7.26. The SMILES string of the molecule is c1ccc2c(c1)ccc1sc3ccc(-c4ccc(-c5ccc6c7ccccc7c7ccccc7c6c5)cc4)cc3c12. The van der Waals surface area contributed by atoms with Crippen molar-refractivity contribution in [1.29, 1.82) is 0 Å². The number of thiophene rings is 1. The van der Waals surface area contributed by atoms with E-state index in [1.807, 2.05) is 11.3 Å². The minimum absolute atomic E-state index is 1.24. The van der Waals surface area contributed by atoms with E-state index in [0.29, 0.717) is 0 Å². The molecule has 1 heterocycles. The third-order valence-corrected chi connectivity index (χ3v) is 9.79. The van der Waals surface area contributed by atoms with Gasteiger partial charge >= 0.3 is 0 Å². The molecular formula is C40H24S. The van der Waals surface area contributed by atoms with Gasteiger partial charge in [0.1, 0.15) is 0 Å². The van der Waals surface area contributed by atoms with Crippen molar-refractivity contribution in [2.75, 3.05) is 0 Å².